The SMILES string of the molecule is C=c1c(-c2nc(/C(=C\C=C/C)c3ccc(C)s3)c(C)[nH]2)n[nH]/c1=C/C=C(\C)c1cn[nH]c1. The standard InChI is InChI=1S/C25H26N6S/c1-6-7-8-20(22-12-10-16(3)32-22)24-18(5)28-25(29-24)23-17(4)21(30-31-23)11-9-15(2)19-13-26-27-14-19/h6-14,30H,4H2,1-3,5H3,(H,26,27)(H,28,29)/b7-6-,15-9+,20-8-,21-11+. The van der Waals surface area contributed by atoms with Crippen molar-refractivity contribution in [2.24, 2.45) is 0 Å². The molecule has 6 nitrogen and oxygen atoms in total. The predicted octanol–water partition coefficient (Wildman–Crippen LogP) is 4.50. The normalized spacial score (nSPS) is 13.6. The Labute approximate surface area is 190 Å². The van der Waals surface area contributed by atoms with Crippen LogP contribution in [0.2, 0.25) is 0 Å². The van der Waals surface area contributed by atoms with Gasteiger partial charge in [-0.05, 0) is 51.5 Å². The van der Waals surface area contributed by atoms with Gasteiger partial charge < -0.3 is 4.98 Å². The zero-order valence-corrected chi connectivity index (χ0v) is 19.5. The van der Waals surface area contributed by atoms with Crippen molar-refractivity contribution in [2.75, 3.05) is 0 Å². The topological polar surface area (TPSA) is 86.0 Å². The average Bonchev–Trinajstić information content (AvgIpc) is 3.56. The predicted molar refractivity (Wildman–Crippen MR) is 133 cm³/mol. The minimum atomic E-state index is 0.702. The Morgan fingerprint density at radius 3 is 2.72 bits per heavy atom. The van der Waals surface area contributed by atoms with Crippen LogP contribution in [0.5, 0.6) is 0 Å². The molecule has 0 spiro atoms. The van der Waals surface area contributed by atoms with Crippen LogP contribution in [-0.4, -0.2) is 30.4 Å². The number of hydrogen-bond acceptors (Lipinski definition) is 4. The van der Waals surface area contributed by atoms with Crippen molar-refractivity contribution in [1.82, 2.24) is 30.4 Å². The summed E-state index contributed by atoms with van der Waals surface area (Å²) in [6.45, 7) is 12.4. The van der Waals surface area contributed by atoms with E-state index in [0.29, 0.717) is 11.5 Å². The number of thiophene rings is 1. The Kier molecular flexibility index (Phi) is 6.18. The second kappa shape index (κ2) is 9.20. The molecule has 0 unspecified atom stereocenters. The second-order valence-corrected chi connectivity index (χ2v) is 8.83. The van der Waals surface area contributed by atoms with Crippen LogP contribution in [0, 0.1) is 13.8 Å². The van der Waals surface area contributed by atoms with Crippen molar-refractivity contribution in [2.45, 2.75) is 27.7 Å². The Bertz CT molecular complexity index is 1420. The molecule has 0 aliphatic carbocycles. The number of aromatic nitrogens is 6. The molecule has 0 saturated carbocycles. The van der Waals surface area contributed by atoms with Gasteiger partial charge in [0.25, 0.3) is 0 Å². The van der Waals surface area contributed by atoms with E-state index in [2.05, 4.69) is 57.1 Å². The smallest absolute Gasteiger partial charge is 0.159 e. The van der Waals surface area contributed by atoms with Gasteiger partial charge in [0.2, 0.25) is 0 Å². The van der Waals surface area contributed by atoms with E-state index in [0.717, 1.165) is 38.7 Å². The molecule has 0 atom stereocenters. The molecular weight excluding hydrogens is 416 g/mol. The Morgan fingerprint density at radius 2 is 2.03 bits per heavy atom. The van der Waals surface area contributed by atoms with Crippen LogP contribution in [0.3, 0.4) is 0 Å². The highest BCUT2D eigenvalue weighted by Crippen LogP contribution is 2.31. The van der Waals surface area contributed by atoms with Crippen LogP contribution >= 0.6 is 11.3 Å². The van der Waals surface area contributed by atoms with Gasteiger partial charge in [0, 0.05) is 38.0 Å². The number of aryl methyl sites for hydroxylation is 2. The lowest BCUT2D eigenvalue weighted by molar-refractivity contribution is 1.05. The summed E-state index contributed by atoms with van der Waals surface area (Å²) in [5, 5.41) is 16.0. The van der Waals surface area contributed by atoms with Crippen molar-refractivity contribution >= 4 is 35.1 Å². The molecule has 162 valence electrons. The molecule has 4 aromatic heterocycles. The summed E-state index contributed by atoms with van der Waals surface area (Å²) in [6.07, 6.45) is 13.8. The van der Waals surface area contributed by atoms with Gasteiger partial charge >= 0.3 is 0 Å². The van der Waals surface area contributed by atoms with Gasteiger partial charge in [-0.2, -0.15) is 10.2 Å². The molecule has 3 N–H and O–H groups in total. The summed E-state index contributed by atoms with van der Waals surface area (Å²) in [5.41, 5.74) is 5.85. The third-order valence-corrected chi connectivity index (χ3v) is 6.21. The van der Waals surface area contributed by atoms with Gasteiger partial charge in [-0.25, -0.2) is 4.98 Å². The number of nitrogens with zero attached hydrogens (tertiary/aromatic N) is 3. The van der Waals surface area contributed by atoms with Gasteiger partial charge in [-0.3, -0.25) is 10.2 Å². The minimum Gasteiger partial charge on any atom is -0.340 e. The molecule has 4 aromatic rings. The maximum atomic E-state index is 4.91. The minimum absolute atomic E-state index is 0.702. The monoisotopic (exact) mass is 442 g/mol. The van der Waals surface area contributed by atoms with Crippen molar-refractivity contribution in [3.63, 3.8) is 0 Å². The molecule has 4 heterocycles. The van der Waals surface area contributed by atoms with Crippen molar-refractivity contribution in [3.05, 3.63) is 86.1 Å². The quantitative estimate of drug-likeness (QED) is 0.384. The molecule has 0 aliphatic heterocycles. The molecule has 4 rings (SSSR count). The zero-order valence-electron chi connectivity index (χ0n) is 18.7. The van der Waals surface area contributed by atoms with E-state index in [1.807, 2.05) is 51.3 Å². The van der Waals surface area contributed by atoms with E-state index in [1.54, 1.807) is 17.5 Å². The molecule has 0 bridgehead atoms. The maximum absolute atomic E-state index is 4.91. The summed E-state index contributed by atoms with van der Waals surface area (Å²) in [4.78, 5) is 10.8. The molecule has 7 heteroatoms. The number of imidazole rings is 1. The van der Waals surface area contributed by atoms with Gasteiger partial charge in [0.15, 0.2) is 5.82 Å². The fourth-order valence-corrected chi connectivity index (χ4v) is 4.26. The number of rotatable bonds is 6. The van der Waals surface area contributed by atoms with Crippen LogP contribution in [0.4, 0.5) is 0 Å². The summed E-state index contributed by atoms with van der Waals surface area (Å²) in [6, 6.07) is 4.28. The first kappa shape index (κ1) is 21.5. The number of aromatic amines is 3. The molecule has 0 saturated heterocycles. The first-order chi connectivity index (χ1) is 15.5. The lowest BCUT2D eigenvalue weighted by Gasteiger charge is -2.02. The lowest BCUT2D eigenvalue weighted by atomic mass is 10.1. The molecular formula is C25H26N6S. The molecule has 0 fully saturated rings. The summed E-state index contributed by atoms with van der Waals surface area (Å²) in [5.74, 6) is 0.702. The average molecular weight is 443 g/mol. The number of hydrogen-bond donors (Lipinski definition) is 3. The molecule has 32 heavy (non-hydrogen) atoms. The fraction of sp³-hybridized carbons (Fsp3) is 0.160. The molecule has 0 radical (unpaired) electrons. The summed E-state index contributed by atoms with van der Waals surface area (Å²) in [7, 11) is 0. The van der Waals surface area contributed by atoms with Gasteiger partial charge in [0.05, 0.1) is 17.2 Å². The van der Waals surface area contributed by atoms with Crippen LogP contribution in [0.25, 0.3) is 35.3 Å². The Morgan fingerprint density at radius 1 is 1.19 bits per heavy atom. The number of H-pyrrole nitrogens is 3. The zero-order chi connectivity index (χ0) is 22.7. The Hall–Kier alpha value is -3.71. The van der Waals surface area contributed by atoms with Crippen molar-refractivity contribution < 1.29 is 0 Å². The van der Waals surface area contributed by atoms with E-state index < -0.39 is 0 Å². The fourth-order valence-electron chi connectivity index (χ4n) is 3.37. The van der Waals surface area contributed by atoms with Crippen LogP contribution in [-0.2, 0) is 0 Å². The summed E-state index contributed by atoms with van der Waals surface area (Å²) < 4.78 is 0. The van der Waals surface area contributed by atoms with Crippen LogP contribution in [0.15, 0.2) is 48.8 Å². The maximum Gasteiger partial charge on any atom is 0.159 e. The molecule has 0 aromatic carbocycles. The van der Waals surface area contributed by atoms with Gasteiger partial charge in [-0.1, -0.05) is 30.9 Å². The Balaban J connectivity index is 1.72. The van der Waals surface area contributed by atoms with Crippen LogP contribution < -0.4 is 10.6 Å². The van der Waals surface area contributed by atoms with E-state index in [4.69, 9.17) is 4.98 Å². The number of nitrogens with one attached hydrogen (secondary N) is 3. The third kappa shape index (κ3) is 4.33. The van der Waals surface area contributed by atoms with E-state index in [9.17, 15) is 0 Å². The molecule has 0 amide bonds. The van der Waals surface area contributed by atoms with Gasteiger partial charge in [-0.15, -0.1) is 11.3 Å². The lowest BCUT2D eigenvalue weighted by Crippen LogP contribution is -2.21. The summed E-state index contributed by atoms with van der Waals surface area (Å²) >= 11 is 1.76. The van der Waals surface area contributed by atoms with E-state index >= 15 is 0 Å². The first-order valence-electron chi connectivity index (χ1n) is 10.4. The number of allylic oxidation sites excluding steroid dienone is 5. The highest BCUT2D eigenvalue weighted by atomic mass is 32.1. The largest absolute Gasteiger partial charge is 0.340 e. The van der Waals surface area contributed by atoms with E-state index in [1.165, 1.54) is 9.75 Å². The van der Waals surface area contributed by atoms with E-state index in [-0.39, 0.29) is 0 Å². The first-order valence-corrected chi connectivity index (χ1v) is 11.2. The van der Waals surface area contributed by atoms with Crippen LogP contribution in [0.1, 0.15) is 40.6 Å². The van der Waals surface area contributed by atoms with Crippen molar-refractivity contribution in [3.8, 4) is 11.5 Å². The third-order valence-electron chi connectivity index (χ3n) is 5.18. The highest BCUT2D eigenvalue weighted by Gasteiger charge is 2.17. The second-order valence-electron chi connectivity index (χ2n) is 7.54. The molecule has 0 aliphatic rings. The van der Waals surface area contributed by atoms with Gasteiger partial charge in [0.1, 0.15) is 5.69 Å². The highest BCUT2D eigenvalue weighted by molar-refractivity contribution is 7.13. The van der Waals surface area contributed by atoms with Crippen molar-refractivity contribution in [1.29, 1.82) is 0 Å².